The Morgan fingerprint density at radius 1 is 1.14 bits per heavy atom. The van der Waals surface area contributed by atoms with Crippen molar-refractivity contribution in [3.63, 3.8) is 0 Å². The van der Waals surface area contributed by atoms with Gasteiger partial charge >= 0.3 is 0 Å². The molecule has 3 aliphatic rings. The van der Waals surface area contributed by atoms with Gasteiger partial charge in [-0.15, -0.1) is 0 Å². The Bertz CT molecular complexity index is 1170. The highest BCUT2D eigenvalue weighted by molar-refractivity contribution is 6.00. The molecule has 3 heterocycles. The number of fused-ring (bicyclic) bond motifs is 2. The van der Waals surface area contributed by atoms with Gasteiger partial charge in [0, 0.05) is 31.9 Å². The number of carbonyl (C=O) groups is 3. The number of benzene rings is 1. The summed E-state index contributed by atoms with van der Waals surface area (Å²) in [5.41, 5.74) is 2.47. The fourth-order valence-corrected chi connectivity index (χ4v) is 5.15. The lowest BCUT2D eigenvalue weighted by molar-refractivity contribution is -0.130. The summed E-state index contributed by atoms with van der Waals surface area (Å²) in [5, 5.41) is 10.1. The molecule has 1 aliphatic carbocycles. The van der Waals surface area contributed by atoms with Gasteiger partial charge in [-0.1, -0.05) is 6.42 Å². The molecule has 36 heavy (non-hydrogen) atoms. The molecule has 10 nitrogen and oxygen atoms in total. The van der Waals surface area contributed by atoms with E-state index in [2.05, 4.69) is 15.7 Å². The molecule has 2 fully saturated rings. The average Bonchev–Trinajstić information content (AvgIpc) is 3.11. The molecule has 10 heteroatoms. The Morgan fingerprint density at radius 3 is 2.64 bits per heavy atom. The van der Waals surface area contributed by atoms with Crippen molar-refractivity contribution in [1.29, 1.82) is 0 Å². The van der Waals surface area contributed by atoms with Crippen LogP contribution in [0.3, 0.4) is 0 Å². The van der Waals surface area contributed by atoms with Crippen LogP contribution in [0.25, 0.3) is 0 Å². The zero-order valence-electron chi connectivity index (χ0n) is 21.0. The van der Waals surface area contributed by atoms with Gasteiger partial charge < -0.3 is 25.0 Å². The predicted octanol–water partition coefficient (Wildman–Crippen LogP) is 2.88. The second-order valence-corrected chi connectivity index (χ2v) is 10.1. The lowest BCUT2D eigenvalue weighted by Gasteiger charge is -2.42. The van der Waals surface area contributed by atoms with E-state index < -0.39 is 0 Å². The number of ether oxygens (including phenoxy) is 2. The van der Waals surface area contributed by atoms with Crippen LogP contribution in [0.5, 0.6) is 5.75 Å². The van der Waals surface area contributed by atoms with Gasteiger partial charge in [0.05, 0.1) is 35.5 Å². The lowest BCUT2D eigenvalue weighted by Crippen LogP contribution is -2.53. The zero-order chi connectivity index (χ0) is 25.4. The highest BCUT2D eigenvalue weighted by Gasteiger charge is 2.39. The summed E-state index contributed by atoms with van der Waals surface area (Å²) in [6, 6.07) is 5.01. The third-order valence-electron chi connectivity index (χ3n) is 7.46. The topological polar surface area (TPSA) is 115 Å². The quantitative estimate of drug-likeness (QED) is 0.659. The van der Waals surface area contributed by atoms with E-state index in [0.717, 1.165) is 25.0 Å². The SMILES string of the molecule is Cc1nn(C)cc1NC(=O)C[C@@H]1CC[C@@H]2[C@H](COc3ccc(NC(=O)C4CCC4)cc3C(=O)N2C)O1. The van der Waals surface area contributed by atoms with Crippen molar-refractivity contribution in [2.75, 3.05) is 24.3 Å². The van der Waals surface area contributed by atoms with Gasteiger partial charge in [0.25, 0.3) is 5.91 Å². The smallest absolute Gasteiger partial charge is 0.257 e. The minimum absolute atomic E-state index is 0.00303. The Labute approximate surface area is 210 Å². The van der Waals surface area contributed by atoms with E-state index in [4.69, 9.17) is 9.47 Å². The highest BCUT2D eigenvalue weighted by Crippen LogP contribution is 2.33. The number of hydrogen-bond acceptors (Lipinski definition) is 6. The van der Waals surface area contributed by atoms with Crippen molar-refractivity contribution >= 4 is 29.1 Å². The number of anilines is 2. The summed E-state index contributed by atoms with van der Waals surface area (Å²) in [6.07, 6.45) is 5.64. The molecule has 2 aliphatic heterocycles. The molecular weight excluding hydrogens is 462 g/mol. The molecule has 1 saturated heterocycles. The number of rotatable bonds is 5. The number of nitrogens with zero attached hydrogens (tertiary/aromatic N) is 3. The summed E-state index contributed by atoms with van der Waals surface area (Å²) in [5.74, 6) is 0.217. The molecule has 3 atom stereocenters. The summed E-state index contributed by atoms with van der Waals surface area (Å²) >= 11 is 0. The fraction of sp³-hybridized carbons (Fsp3) is 0.538. The van der Waals surface area contributed by atoms with E-state index in [0.29, 0.717) is 35.5 Å². The van der Waals surface area contributed by atoms with Crippen LogP contribution in [0, 0.1) is 12.8 Å². The van der Waals surface area contributed by atoms with E-state index in [1.807, 2.05) is 14.0 Å². The van der Waals surface area contributed by atoms with Crippen molar-refractivity contribution in [1.82, 2.24) is 14.7 Å². The average molecular weight is 496 g/mol. The zero-order valence-corrected chi connectivity index (χ0v) is 21.0. The normalized spacial score (nSPS) is 23.9. The molecule has 1 aromatic carbocycles. The first-order valence-corrected chi connectivity index (χ1v) is 12.6. The summed E-state index contributed by atoms with van der Waals surface area (Å²) in [6.45, 7) is 2.11. The second kappa shape index (κ2) is 9.93. The van der Waals surface area contributed by atoms with Crippen LogP contribution in [0.2, 0.25) is 0 Å². The van der Waals surface area contributed by atoms with E-state index in [1.54, 1.807) is 41.0 Å². The number of nitrogens with one attached hydrogen (secondary N) is 2. The van der Waals surface area contributed by atoms with Crippen LogP contribution in [0.4, 0.5) is 11.4 Å². The molecule has 1 aromatic heterocycles. The standard InChI is InChI=1S/C26H33N5O5/c1-15-20(13-30(2)29-15)28-24(32)12-18-8-9-21-23(36-18)14-35-22-10-7-17(11-19(22)26(34)31(21)3)27-25(33)16-5-4-6-16/h7,10-11,13,16,18,21,23H,4-6,8-9,12,14H2,1-3H3,(H,27,33)(H,28,32)/t18-,21+,23-/m0/s1. The number of likely N-dealkylation sites (N-methyl/N-ethyl adjacent to an activating group) is 1. The third kappa shape index (κ3) is 4.95. The summed E-state index contributed by atoms with van der Waals surface area (Å²) in [4.78, 5) is 40.1. The largest absolute Gasteiger partial charge is 0.490 e. The maximum atomic E-state index is 13.4. The molecule has 192 valence electrons. The van der Waals surface area contributed by atoms with E-state index in [1.165, 1.54) is 0 Å². The first-order chi connectivity index (χ1) is 17.3. The molecule has 5 rings (SSSR count). The Balaban J connectivity index is 1.24. The van der Waals surface area contributed by atoms with Gasteiger partial charge in [-0.2, -0.15) is 5.10 Å². The van der Waals surface area contributed by atoms with Crippen LogP contribution in [0.1, 0.15) is 54.6 Å². The van der Waals surface area contributed by atoms with Gasteiger partial charge in [0.2, 0.25) is 11.8 Å². The van der Waals surface area contributed by atoms with Crippen molar-refractivity contribution < 1.29 is 23.9 Å². The van der Waals surface area contributed by atoms with Crippen LogP contribution >= 0.6 is 0 Å². The first kappa shape index (κ1) is 24.3. The number of carbonyl (C=O) groups excluding carboxylic acids is 3. The van der Waals surface area contributed by atoms with Gasteiger partial charge in [-0.05, 0) is 50.8 Å². The van der Waals surface area contributed by atoms with Gasteiger partial charge in [0.15, 0.2) is 0 Å². The van der Waals surface area contributed by atoms with Crippen molar-refractivity contribution in [2.45, 2.75) is 63.7 Å². The number of hydrogen-bond donors (Lipinski definition) is 2. The number of aryl methyl sites for hydroxylation is 2. The lowest BCUT2D eigenvalue weighted by atomic mass is 9.85. The van der Waals surface area contributed by atoms with E-state index >= 15 is 0 Å². The first-order valence-electron chi connectivity index (χ1n) is 12.6. The maximum absolute atomic E-state index is 13.4. The molecule has 2 aromatic rings. The fourth-order valence-electron chi connectivity index (χ4n) is 5.15. The Hall–Kier alpha value is -3.40. The molecule has 2 N–H and O–H groups in total. The number of aromatic nitrogens is 2. The summed E-state index contributed by atoms with van der Waals surface area (Å²) in [7, 11) is 3.58. The Morgan fingerprint density at radius 2 is 1.94 bits per heavy atom. The van der Waals surface area contributed by atoms with Gasteiger partial charge in [-0.3, -0.25) is 19.1 Å². The van der Waals surface area contributed by atoms with E-state index in [9.17, 15) is 14.4 Å². The highest BCUT2D eigenvalue weighted by atomic mass is 16.5. The van der Waals surface area contributed by atoms with Gasteiger partial charge in [0.1, 0.15) is 18.5 Å². The third-order valence-corrected chi connectivity index (χ3v) is 7.46. The van der Waals surface area contributed by atoms with E-state index in [-0.39, 0.29) is 54.9 Å². The number of amides is 3. The minimum atomic E-state index is -0.350. The predicted molar refractivity (Wildman–Crippen MR) is 133 cm³/mol. The van der Waals surface area contributed by atoms with Crippen molar-refractivity contribution in [2.24, 2.45) is 13.0 Å². The molecule has 0 unspecified atom stereocenters. The van der Waals surface area contributed by atoms with Crippen molar-refractivity contribution in [3.8, 4) is 5.75 Å². The van der Waals surface area contributed by atoms with Crippen LogP contribution in [0.15, 0.2) is 24.4 Å². The van der Waals surface area contributed by atoms with Crippen LogP contribution in [-0.4, -0.2) is 64.3 Å². The molecule has 1 saturated carbocycles. The molecule has 0 spiro atoms. The molecular formula is C26H33N5O5. The van der Waals surface area contributed by atoms with Crippen molar-refractivity contribution in [3.05, 3.63) is 35.7 Å². The summed E-state index contributed by atoms with van der Waals surface area (Å²) < 4.78 is 14.0. The minimum Gasteiger partial charge on any atom is -0.490 e. The van der Waals surface area contributed by atoms with Crippen LogP contribution in [-0.2, 0) is 21.4 Å². The molecule has 0 radical (unpaired) electrons. The Kier molecular flexibility index (Phi) is 6.70. The van der Waals surface area contributed by atoms with Gasteiger partial charge in [-0.25, -0.2) is 0 Å². The monoisotopic (exact) mass is 495 g/mol. The van der Waals surface area contributed by atoms with Crippen LogP contribution < -0.4 is 15.4 Å². The second-order valence-electron chi connectivity index (χ2n) is 10.1. The molecule has 3 amide bonds. The maximum Gasteiger partial charge on any atom is 0.257 e. The molecule has 0 bridgehead atoms.